The summed E-state index contributed by atoms with van der Waals surface area (Å²) >= 11 is 0. The monoisotopic (exact) mass is 384 g/mol. The zero-order valence-electron chi connectivity index (χ0n) is 15.5. The number of hydrogen-bond donors (Lipinski definition) is 4. The molecule has 0 fully saturated rings. The van der Waals surface area contributed by atoms with Crippen LogP contribution in [0.1, 0.15) is 45.4 Å². The summed E-state index contributed by atoms with van der Waals surface area (Å²) < 4.78 is 5.13. The third-order valence-corrected chi connectivity index (χ3v) is 3.89. The maximum Gasteiger partial charge on any atom is 0.334 e. The molecular formula is C19H28O8. The van der Waals surface area contributed by atoms with Crippen LogP contribution in [0, 0.1) is 5.41 Å². The summed E-state index contributed by atoms with van der Waals surface area (Å²) in [6, 6.07) is 0. The highest BCUT2D eigenvalue weighted by Crippen LogP contribution is 2.37. The number of aliphatic hydroxyl groups excluding tert-OH is 1. The summed E-state index contributed by atoms with van der Waals surface area (Å²) in [5.74, 6) is -3.27. The van der Waals surface area contributed by atoms with Crippen molar-refractivity contribution < 1.29 is 39.5 Å². The first kappa shape index (κ1) is 24.6. The fourth-order valence-electron chi connectivity index (χ4n) is 2.35. The van der Waals surface area contributed by atoms with Crippen molar-refractivity contribution in [3.63, 3.8) is 0 Å². The van der Waals surface area contributed by atoms with Gasteiger partial charge in [-0.25, -0.2) is 14.4 Å². The van der Waals surface area contributed by atoms with Crippen molar-refractivity contribution in [3.05, 3.63) is 36.5 Å². The van der Waals surface area contributed by atoms with Crippen LogP contribution in [0.15, 0.2) is 36.5 Å². The largest absolute Gasteiger partial charge is 0.478 e. The van der Waals surface area contributed by atoms with Crippen molar-refractivity contribution in [1.82, 2.24) is 0 Å². The van der Waals surface area contributed by atoms with Crippen molar-refractivity contribution in [1.29, 1.82) is 0 Å². The van der Waals surface area contributed by atoms with Crippen LogP contribution in [0.2, 0.25) is 0 Å². The lowest BCUT2D eigenvalue weighted by Gasteiger charge is -2.28. The molecule has 0 aliphatic carbocycles. The summed E-state index contributed by atoms with van der Waals surface area (Å²) in [6.07, 6.45) is 5.00. The second-order valence-corrected chi connectivity index (χ2v) is 6.08. The van der Waals surface area contributed by atoms with Crippen molar-refractivity contribution in [3.8, 4) is 0 Å². The highest BCUT2D eigenvalue weighted by Gasteiger charge is 2.33. The van der Waals surface area contributed by atoms with E-state index < -0.39 is 29.6 Å². The number of unbranched alkanes of at least 4 members (excludes halogenated alkanes) is 2. The summed E-state index contributed by atoms with van der Waals surface area (Å²) in [4.78, 5) is 34.3. The Morgan fingerprint density at radius 3 is 2.04 bits per heavy atom. The molecule has 0 spiro atoms. The molecule has 152 valence electrons. The van der Waals surface area contributed by atoms with Gasteiger partial charge in [-0.3, -0.25) is 0 Å². The predicted octanol–water partition coefficient (Wildman–Crippen LogP) is 2.03. The fourth-order valence-corrected chi connectivity index (χ4v) is 2.35. The number of rotatable bonds is 14. The van der Waals surface area contributed by atoms with Crippen LogP contribution < -0.4 is 0 Å². The topological polar surface area (TPSA) is 141 Å². The average Bonchev–Trinajstić information content (AvgIpc) is 2.59. The molecule has 0 heterocycles. The van der Waals surface area contributed by atoms with E-state index >= 15 is 0 Å². The van der Waals surface area contributed by atoms with Crippen LogP contribution >= 0.6 is 0 Å². The van der Waals surface area contributed by atoms with Gasteiger partial charge in [0.15, 0.2) is 6.29 Å². The lowest BCUT2D eigenvalue weighted by atomic mass is 9.75. The molecule has 0 amide bonds. The fraction of sp³-hybridized carbons (Fsp3) is 0.526. The minimum absolute atomic E-state index is 0.0850. The summed E-state index contributed by atoms with van der Waals surface area (Å²) in [5.41, 5.74) is -1.46. The maximum atomic E-state index is 12.3. The number of esters is 1. The lowest BCUT2D eigenvalue weighted by molar-refractivity contribution is -0.140. The third kappa shape index (κ3) is 10.3. The molecule has 27 heavy (non-hydrogen) atoms. The molecular weight excluding hydrogens is 356 g/mol. The number of carbonyl (C=O) groups is 3. The molecule has 0 radical (unpaired) electrons. The van der Waals surface area contributed by atoms with Gasteiger partial charge in [-0.15, -0.1) is 0 Å². The number of carboxylic acids is 2. The van der Waals surface area contributed by atoms with E-state index in [-0.39, 0.29) is 25.0 Å². The second-order valence-electron chi connectivity index (χ2n) is 6.08. The minimum Gasteiger partial charge on any atom is -0.478 e. The van der Waals surface area contributed by atoms with Crippen LogP contribution in [0.5, 0.6) is 0 Å². The number of aliphatic hydroxyl groups is 2. The Hall–Kier alpha value is -2.45. The molecule has 0 saturated carbocycles. The highest BCUT2D eigenvalue weighted by molar-refractivity contribution is 5.91. The number of carboxylic acid groups (broad SMARTS) is 2. The number of allylic oxidation sites excluding steroid dienone is 2. The maximum absolute atomic E-state index is 12.3. The van der Waals surface area contributed by atoms with Gasteiger partial charge in [0.1, 0.15) is 0 Å². The van der Waals surface area contributed by atoms with Gasteiger partial charge in [-0.05, 0) is 25.7 Å². The quantitative estimate of drug-likeness (QED) is 0.154. The normalized spacial score (nSPS) is 13.8. The van der Waals surface area contributed by atoms with Crippen molar-refractivity contribution in [2.24, 2.45) is 5.41 Å². The van der Waals surface area contributed by atoms with E-state index in [0.29, 0.717) is 19.3 Å². The van der Waals surface area contributed by atoms with Crippen molar-refractivity contribution in [2.45, 2.75) is 51.7 Å². The second kappa shape index (κ2) is 12.8. The van der Waals surface area contributed by atoms with Gasteiger partial charge in [0, 0.05) is 23.1 Å². The van der Waals surface area contributed by atoms with Crippen LogP contribution in [0.4, 0.5) is 0 Å². The van der Waals surface area contributed by atoms with Gasteiger partial charge in [0.2, 0.25) is 0 Å². The van der Waals surface area contributed by atoms with E-state index in [4.69, 9.17) is 25.2 Å². The Bertz CT molecular complexity index is 550. The summed E-state index contributed by atoms with van der Waals surface area (Å²) in [6.45, 7) is 5.81. The molecule has 0 atom stereocenters. The van der Waals surface area contributed by atoms with Crippen LogP contribution in [0.25, 0.3) is 0 Å². The van der Waals surface area contributed by atoms with E-state index in [2.05, 4.69) is 6.58 Å². The Labute approximate surface area is 158 Å². The Morgan fingerprint density at radius 1 is 1.04 bits per heavy atom. The van der Waals surface area contributed by atoms with E-state index in [1.807, 2.05) is 6.92 Å². The van der Waals surface area contributed by atoms with E-state index in [1.54, 1.807) is 0 Å². The van der Waals surface area contributed by atoms with Crippen LogP contribution in [0.3, 0.4) is 0 Å². The van der Waals surface area contributed by atoms with Crippen LogP contribution in [-0.4, -0.2) is 51.2 Å². The molecule has 8 heteroatoms. The van der Waals surface area contributed by atoms with Gasteiger partial charge in [-0.2, -0.15) is 0 Å². The molecule has 0 saturated heterocycles. The van der Waals surface area contributed by atoms with E-state index in [0.717, 1.165) is 18.6 Å². The predicted molar refractivity (Wildman–Crippen MR) is 97.7 cm³/mol. The first-order chi connectivity index (χ1) is 12.6. The molecule has 0 bridgehead atoms. The SMILES string of the molecule is C=C(C(=O)OCCCC)C(C=CC(=O)O)(C=CC(=O)O)CCCCC(O)O. The number of ether oxygens (including phenoxy) is 1. The summed E-state index contributed by atoms with van der Waals surface area (Å²) in [5, 5.41) is 35.8. The molecule has 0 unspecified atom stereocenters. The third-order valence-electron chi connectivity index (χ3n) is 3.89. The Balaban J connectivity index is 5.65. The van der Waals surface area contributed by atoms with Gasteiger partial charge in [0.25, 0.3) is 0 Å². The average molecular weight is 384 g/mol. The first-order valence-corrected chi connectivity index (χ1v) is 8.71. The van der Waals surface area contributed by atoms with Gasteiger partial charge >= 0.3 is 17.9 Å². The highest BCUT2D eigenvalue weighted by atomic mass is 16.5. The minimum atomic E-state index is -1.48. The number of carbonyl (C=O) groups excluding carboxylic acids is 1. The summed E-state index contributed by atoms with van der Waals surface area (Å²) in [7, 11) is 0. The van der Waals surface area contributed by atoms with E-state index in [1.165, 1.54) is 12.2 Å². The zero-order valence-corrected chi connectivity index (χ0v) is 15.5. The molecule has 4 N–H and O–H groups in total. The Morgan fingerprint density at radius 2 is 1.59 bits per heavy atom. The lowest BCUT2D eigenvalue weighted by Crippen LogP contribution is -2.26. The smallest absolute Gasteiger partial charge is 0.334 e. The first-order valence-electron chi connectivity index (χ1n) is 8.71. The molecule has 0 aromatic carbocycles. The molecule has 0 aliphatic rings. The van der Waals surface area contributed by atoms with Gasteiger partial charge in [-0.1, -0.05) is 38.5 Å². The molecule has 8 nitrogen and oxygen atoms in total. The van der Waals surface area contributed by atoms with Gasteiger partial charge < -0.3 is 25.2 Å². The molecule has 0 aromatic rings. The van der Waals surface area contributed by atoms with Crippen molar-refractivity contribution in [2.75, 3.05) is 6.61 Å². The van der Waals surface area contributed by atoms with E-state index in [9.17, 15) is 14.4 Å². The molecule has 0 aromatic heterocycles. The zero-order chi connectivity index (χ0) is 20.9. The van der Waals surface area contributed by atoms with Crippen molar-refractivity contribution >= 4 is 17.9 Å². The number of aliphatic carboxylic acids is 2. The van der Waals surface area contributed by atoms with Gasteiger partial charge in [0.05, 0.1) is 6.61 Å². The standard InChI is InChI=1S/C19H28O8/c1-3-4-13-27-18(26)14(2)19(11-8-16(22)23,12-9-17(24)25)10-6-5-7-15(20)21/h8-9,11-12,15,20-21H,2-7,10,13H2,1H3,(H,22,23)(H,24,25). The molecule has 0 rings (SSSR count). The molecule has 0 aliphatic heterocycles. The number of hydrogen-bond acceptors (Lipinski definition) is 6. The Kier molecular flexibility index (Phi) is 11.7. The van der Waals surface area contributed by atoms with Crippen LogP contribution in [-0.2, 0) is 19.1 Å².